The van der Waals surface area contributed by atoms with Gasteiger partial charge in [0.25, 0.3) is 0 Å². The van der Waals surface area contributed by atoms with Crippen LogP contribution in [0.1, 0.15) is 52.7 Å². The van der Waals surface area contributed by atoms with Crippen molar-refractivity contribution in [3.63, 3.8) is 0 Å². The molecule has 0 saturated carbocycles. The van der Waals surface area contributed by atoms with E-state index in [0.29, 0.717) is 0 Å². The van der Waals surface area contributed by atoms with Crippen molar-refractivity contribution < 1.29 is 4.74 Å². The van der Waals surface area contributed by atoms with Gasteiger partial charge in [0, 0.05) is 18.8 Å². The summed E-state index contributed by atoms with van der Waals surface area (Å²) in [6, 6.07) is 0. The van der Waals surface area contributed by atoms with Crippen LogP contribution in [0.5, 0.6) is 0 Å². The van der Waals surface area contributed by atoms with Crippen molar-refractivity contribution in [2.45, 2.75) is 53.2 Å². The third-order valence-electron chi connectivity index (χ3n) is 1.90. The highest BCUT2D eigenvalue weighted by Gasteiger charge is 2.12. The van der Waals surface area contributed by atoms with Crippen LogP contribution in [0.15, 0.2) is 12.4 Å². The fraction of sp³-hybridized carbons (Fsp3) is 0.750. The van der Waals surface area contributed by atoms with E-state index in [0.717, 1.165) is 6.42 Å². The molecule has 1 aromatic rings. The minimum Gasteiger partial charge on any atom is -0.371 e. The molecule has 0 aliphatic heterocycles. The van der Waals surface area contributed by atoms with Gasteiger partial charge in [0.05, 0.1) is 18.4 Å². The minimum absolute atomic E-state index is 0.189. The molecule has 1 aromatic heterocycles. The number of aryl methyl sites for hydroxylation is 1. The normalized spacial score (nSPS) is 12.2. The summed E-state index contributed by atoms with van der Waals surface area (Å²) in [7, 11) is 1.92. The van der Waals surface area contributed by atoms with E-state index in [-0.39, 0.29) is 12.2 Å². The molecule has 1 atom stereocenters. The van der Waals surface area contributed by atoms with E-state index < -0.39 is 0 Å². The molecule has 3 heteroatoms. The Morgan fingerprint density at radius 1 is 1.40 bits per heavy atom. The summed E-state index contributed by atoms with van der Waals surface area (Å²) in [6.07, 6.45) is 5.33. The van der Waals surface area contributed by atoms with Crippen LogP contribution in [0.3, 0.4) is 0 Å². The molecule has 0 radical (unpaired) electrons. The number of hydrogen-bond acceptors (Lipinski definition) is 2. The van der Waals surface area contributed by atoms with Crippen molar-refractivity contribution in [3.8, 4) is 0 Å². The smallest absolute Gasteiger partial charge is 0.0856 e. The summed E-state index contributed by atoms with van der Waals surface area (Å²) < 4.78 is 7.55. The average Bonchev–Trinajstić information content (AvgIpc) is 2.64. The summed E-state index contributed by atoms with van der Waals surface area (Å²) in [6.45, 7) is 10.2. The van der Waals surface area contributed by atoms with E-state index in [1.165, 1.54) is 5.56 Å². The molecule has 0 spiro atoms. The lowest BCUT2D eigenvalue weighted by atomic mass is 10.1. The molecule has 0 N–H and O–H groups in total. The van der Waals surface area contributed by atoms with Crippen LogP contribution in [-0.2, 0) is 11.8 Å². The van der Waals surface area contributed by atoms with Crippen molar-refractivity contribution in [2.24, 2.45) is 7.05 Å². The van der Waals surface area contributed by atoms with E-state index in [1.54, 1.807) is 0 Å². The maximum Gasteiger partial charge on any atom is 0.0856 e. The molecule has 88 valence electrons. The number of hydrogen-bond donors (Lipinski definition) is 0. The molecule has 1 heterocycles. The molecule has 0 saturated heterocycles. The van der Waals surface area contributed by atoms with Crippen molar-refractivity contribution in [1.82, 2.24) is 9.78 Å². The first-order valence-electron chi connectivity index (χ1n) is 5.77. The van der Waals surface area contributed by atoms with Gasteiger partial charge in [-0.3, -0.25) is 4.68 Å². The minimum atomic E-state index is 0.189. The molecule has 0 aliphatic rings. The first-order valence-corrected chi connectivity index (χ1v) is 5.77. The second-order valence-electron chi connectivity index (χ2n) is 3.53. The van der Waals surface area contributed by atoms with E-state index >= 15 is 0 Å². The number of aromatic nitrogens is 2. The predicted octanol–water partition coefficient (Wildman–Crippen LogP) is 3.32. The van der Waals surface area contributed by atoms with Crippen LogP contribution in [0.2, 0.25) is 0 Å². The van der Waals surface area contributed by atoms with Gasteiger partial charge in [0.1, 0.15) is 0 Å². The number of nitrogens with zero attached hydrogens (tertiary/aromatic N) is 2. The summed E-state index contributed by atoms with van der Waals surface area (Å²) in [5.41, 5.74) is 1.17. The molecule has 15 heavy (non-hydrogen) atoms. The van der Waals surface area contributed by atoms with Crippen molar-refractivity contribution in [3.05, 3.63) is 18.0 Å². The summed E-state index contributed by atoms with van der Waals surface area (Å²) >= 11 is 0. The molecule has 0 fully saturated rings. The Labute approximate surface area is 93.4 Å². The summed E-state index contributed by atoms with van der Waals surface area (Å²) in [5, 5.41) is 4.13. The van der Waals surface area contributed by atoms with Gasteiger partial charge < -0.3 is 4.74 Å². The van der Waals surface area contributed by atoms with E-state index in [1.807, 2.05) is 38.0 Å². The number of rotatable bonds is 4. The Morgan fingerprint density at radius 3 is 2.33 bits per heavy atom. The van der Waals surface area contributed by atoms with Gasteiger partial charge in [-0.15, -0.1) is 0 Å². The zero-order valence-corrected chi connectivity index (χ0v) is 10.8. The largest absolute Gasteiger partial charge is 0.371 e. The Balaban J connectivity index is 0.000000921. The van der Waals surface area contributed by atoms with Crippen LogP contribution in [-0.4, -0.2) is 15.9 Å². The molecular weight excluding hydrogens is 188 g/mol. The Bertz CT molecular complexity index is 256. The second-order valence-corrected chi connectivity index (χ2v) is 3.53. The Hall–Kier alpha value is -0.830. The van der Waals surface area contributed by atoms with E-state index in [9.17, 15) is 0 Å². The van der Waals surface area contributed by atoms with Gasteiger partial charge in [0.15, 0.2) is 0 Å². The molecule has 0 bridgehead atoms. The predicted molar refractivity (Wildman–Crippen MR) is 63.8 cm³/mol. The average molecular weight is 212 g/mol. The first-order chi connectivity index (χ1) is 7.13. The van der Waals surface area contributed by atoms with Gasteiger partial charge in [-0.2, -0.15) is 5.10 Å². The molecular formula is C12H24N2O. The van der Waals surface area contributed by atoms with Gasteiger partial charge in [-0.25, -0.2) is 0 Å². The highest BCUT2D eigenvalue weighted by molar-refractivity contribution is 5.07. The summed E-state index contributed by atoms with van der Waals surface area (Å²) in [4.78, 5) is 0. The van der Waals surface area contributed by atoms with Crippen molar-refractivity contribution >= 4 is 0 Å². The van der Waals surface area contributed by atoms with Gasteiger partial charge in [0.2, 0.25) is 0 Å². The van der Waals surface area contributed by atoms with Crippen LogP contribution >= 0.6 is 0 Å². The second kappa shape index (κ2) is 7.46. The van der Waals surface area contributed by atoms with Gasteiger partial charge >= 0.3 is 0 Å². The standard InChI is InChI=1S/C10H18N2O.C2H6/c1-5-10(13-8(2)3)9-6-11-12(4)7-9;1-2/h6-8,10H,5H2,1-4H3;1-2H3. The lowest BCUT2D eigenvalue weighted by molar-refractivity contribution is 0.00445. The van der Waals surface area contributed by atoms with Crippen LogP contribution in [0, 0.1) is 0 Å². The summed E-state index contributed by atoms with van der Waals surface area (Å²) in [5.74, 6) is 0. The van der Waals surface area contributed by atoms with Gasteiger partial charge in [-0.1, -0.05) is 20.8 Å². The third-order valence-corrected chi connectivity index (χ3v) is 1.90. The zero-order valence-electron chi connectivity index (χ0n) is 10.8. The highest BCUT2D eigenvalue weighted by atomic mass is 16.5. The van der Waals surface area contributed by atoms with E-state index in [2.05, 4.69) is 25.9 Å². The fourth-order valence-electron chi connectivity index (χ4n) is 1.35. The van der Waals surface area contributed by atoms with Gasteiger partial charge in [-0.05, 0) is 20.3 Å². The maximum absolute atomic E-state index is 5.75. The maximum atomic E-state index is 5.75. The molecule has 0 amide bonds. The fourth-order valence-corrected chi connectivity index (χ4v) is 1.35. The molecule has 0 aliphatic carbocycles. The highest BCUT2D eigenvalue weighted by Crippen LogP contribution is 2.21. The third kappa shape index (κ3) is 4.98. The molecule has 0 aromatic carbocycles. The zero-order chi connectivity index (χ0) is 11.8. The SMILES string of the molecule is CC.CCC(OC(C)C)c1cnn(C)c1. The molecule has 1 unspecified atom stereocenters. The van der Waals surface area contributed by atoms with Crippen molar-refractivity contribution in [2.75, 3.05) is 0 Å². The molecule has 3 nitrogen and oxygen atoms in total. The first kappa shape index (κ1) is 14.2. The van der Waals surface area contributed by atoms with Crippen LogP contribution in [0.4, 0.5) is 0 Å². The van der Waals surface area contributed by atoms with E-state index in [4.69, 9.17) is 4.74 Å². The number of ether oxygens (including phenoxy) is 1. The molecule has 1 rings (SSSR count). The van der Waals surface area contributed by atoms with Crippen LogP contribution in [0.25, 0.3) is 0 Å². The van der Waals surface area contributed by atoms with Crippen LogP contribution < -0.4 is 0 Å². The Kier molecular flexibility index (Phi) is 7.05. The quantitative estimate of drug-likeness (QED) is 0.765. The monoisotopic (exact) mass is 212 g/mol. The Morgan fingerprint density at radius 2 is 2.00 bits per heavy atom. The lowest BCUT2D eigenvalue weighted by Gasteiger charge is -2.17. The topological polar surface area (TPSA) is 27.1 Å². The van der Waals surface area contributed by atoms with Crippen molar-refractivity contribution in [1.29, 1.82) is 0 Å². The lowest BCUT2D eigenvalue weighted by Crippen LogP contribution is -2.09.